The number of fused-ring (bicyclic) bond motifs is 2. The largest absolute Gasteiger partial charge is 0.374 e. The first-order valence-electron chi connectivity index (χ1n) is 12.5. The van der Waals surface area contributed by atoms with Gasteiger partial charge in [-0.2, -0.15) is 5.26 Å². The van der Waals surface area contributed by atoms with Gasteiger partial charge in [0.15, 0.2) is 5.82 Å². The molecule has 0 spiro atoms. The van der Waals surface area contributed by atoms with Crippen LogP contribution in [-0.2, 0) is 4.74 Å². The molecule has 6 nitrogen and oxygen atoms in total. The number of benzene rings is 1. The highest BCUT2D eigenvalue weighted by molar-refractivity contribution is 6.03. The smallest absolute Gasteiger partial charge is 0.291 e. The van der Waals surface area contributed by atoms with Gasteiger partial charge in [0.1, 0.15) is 11.8 Å². The number of carbonyl (C=O) groups excluding carboxylic acids is 1. The summed E-state index contributed by atoms with van der Waals surface area (Å²) in [7, 11) is 0. The topological polar surface area (TPSA) is 90.8 Å². The molecule has 0 radical (unpaired) electrons. The maximum Gasteiger partial charge on any atom is 0.291 e. The van der Waals surface area contributed by atoms with Gasteiger partial charge in [-0.05, 0) is 78.5 Å². The minimum atomic E-state index is -0.335. The highest BCUT2D eigenvalue weighted by atomic mass is 16.5. The number of aromatic amines is 1. The number of hydrogen-bond donors (Lipinski definition) is 2. The first-order chi connectivity index (χ1) is 16.3. The van der Waals surface area contributed by atoms with Crippen LogP contribution in [0, 0.1) is 28.6 Å². The second kappa shape index (κ2) is 8.70. The standard InChI is InChI=1S/C28H34N4O2/c1-16-23-7-8-24(34-23)17(2)25(16)19-5-6-22(32-27(33)26-30-15-20(14-29)31-26)21(13-19)18-9-11-28(3,4)12-10-18/h5-6,9,13,15-17,23-25H,7-8,10-12H2,1-4H3,(H,30,31)(H,32,33). The molecule has 2 saturated heterocycles. The van der Waals surface area contributed by atoms with Crippen LogP contribution in [-0.4, -0.2) is 28.1 Å². The van der Waals surface area contributed by atoms with Crippen LogP contribution in [0.15, 0.2) is 30.5 Å². The Kier molecular flexibility index (Phi) is 5.85. The Bertz CT molecular complexity index is 1160. The van der Waals surface area contributed by atoms with Crippen LogP contribution < -0.4 is 5.32 Å². The van der Waals surface area contributed by atoms with E-state index in [1.807, 2.05) is 12.1 Å². The van der Waals surface area contributed by atoms with Crippen LogP contribution in [0.25, 0.3) is 5.57 Å². The minimum Gasteiger partial charge on any atom is -0.374 e. The lowest BCUT2D eigenvalue weighted by Crippen LogP contribution is -2.38. The van der Waals surface area contributed by atoms with Crippen LogP contribution in [0.3, 0.4) is 0 Å². The molecule has 2 N–H and O–H groups in total. The molecule has 34 heavy (non-hydrogen) atoms. The van der Waals surface area contributed by atoms with Crippen LogP contribution >= 0.6 is 0 Å². The number of carbonyl (C=O) groups is 1. The summed E-state index contributed by atoms with van der Waals surface area (Å²) in [6.45, 7) is 9.28. The Hall–Kier alpha value is -2.91. The molecule has 1 amide bonds. The maximum absolute atomic E-state index is 12.9. The summed E-state index contributed by atoms with van der Waals surface area (Å²) < 4.78 is 6.28. The number of nitrogens with one attached hydrogen (secondary N) is 2. The summed E-state index contributed by atoms with van der Waals surface area (Å²) >= 11 is 0. The van der Waals surface area contributed by atoms with Crippen molar-refractivity contribution in [3.63, 3.8) is 0 Å². The van der Waals surface area contributed by atoms with E-state index < -0.39 is 0 Å². The fourth-order valence-corrected chi connectivity index (χ4v) is 6.15. The molecular formula is C28H34N4O2. The Morgan fingerprint density at radius 2 is 1.97 bits per heavy atom. The molecule has 1 aromatic carbocycles. The lowest BCUT2D eigenvalue weighted by Gasteiger charge is -2.40. The van der Waals surface area contributed by atoms with E-state index in [-0.39, 0.29) is 17.4 Å². The molecule has 4 unspecified atom stereocenters. The fourth-order valence-electron chi connectivity index (χ4n) is 6.15. The number of amides is 1. The molecule has 4 atom stereocenters. The Labute approximate surface area is 201 Å². The molecule has 178 valence electrons. The van der Waals surface area contributed by atoms with Crippen LogP contribution in [0.5, 0.6) is 0 Å². The predicted molar refractivity (Wildman–Crippen MR) is 132 cm³/mol. The number of anilines is 1. The summed E-state index contributed by atoms with van der Waals surface area (Å²) in [6.07, 6.45) is 9.86. The van der Waals surface area contributed by atoms with Gasteiger partial charge in [-0.25, -0.2) is 4.98 Å². The number of nitriles is 1. The lowest BCUT2D eigenvalue weighted by atomic mass is 9.72. The number of allylic oxidation sites excluding steroid dienone is 2. The van der Waals surface area contributed by atoms with E-state index in [0.717, 1.165) is 43.4 Å². The predicted octanol–water partition coefficient (Wildman–Crippen LogP) is 6.04. The van der Waals surface area contributed by atoms with E-state index in [1.165, 1.54) is 17.3 Å². The Morgan fingerprint density at radius 3 is 2.59 bits per heavy atom. The third-order valence-corrected chi connectivity index (χ3v) is 8.30. The molecule has 3 aliphatic rings. The average molecular weight is 459 g/mol. The number of imidazole rings is 1. The zero-order valence-electron chi connectivity index (χ0n) is 20.5. The van der Waals surface area contributed by atoms with Crippen molar-refractivity contribution >= 4 is 17.2 Å². The number of hydrogen-bond acceptors (Lipinski definition) is 4. The molecule has 2 bridgehead atoms. The van der Waals surface area contributed by atoms with Gasteiger partial charge in [0.25, 0.3) is 5.91 Å². The number of aromatic nitrogens is 2. The summed E-state index contributed by atoms with van der Waals surface area (Å²) in [5.74, 6) is 1.19. The first kappa shape index (κ1) is 22.9. The van der Waals surface area contributed by atoms with Crippen molar-refractivity contribution in [2.75, 3.05) is 5.32 Å². The maximum atomic E-state index is 12.9. The van der Waals surface area contributed by atoms with Crippen molar-refractivity contribution in [3.8, 4) is 6.07 Å². The zero-order chi connectivity index (χ0) is 24.0. The summed E-state index contributed by atoms with van der Waals surface area (Å²) in [5, 5.41) is 12.1. The molecule has 1 aliphatic carbocycles. The highest BCUT2D eigenvalue weighted by Crippen LogP contribution is 2.49. The molecule has 3 heterocycles. The summed E-state index contributed by atoms with van der Waals surface area (Å²) in [5.41, 5.74) is 5.11. The third-order valence-electron chi connectivity index (χ3n) is 8.30. The van der Waals surface area contributed by atoms with Crippen molar-refractivity contribution in [2.24, 2.45) is 17.3 Å². The van der Waals surface area contributed by atoms with Crippen molar-refractivity contribution in [2.45, 2.75) is 77.9 Å². The molecular weight excluding hydrogens is 424 g/mol. The molecule has 5 rings (SSSR count). The van der Waals surface area contributed by atoms with Gasteiger partial charge < -0.3 is 15.0 Å². The van der Waals surface area contributed by atoms with E-state index >= 15 is 0 Å². The molecule has 2 aromatic rings. The lowest BCUT2D eigenvalue weighted by molar-refractivity contribution is -0.0704. The number of rotatable bonds is 4. The van der Waals surface area contributed by atoms with E-state index in [2.05, 4.69) is 61.2 Å². The molecule has 1 aromatic heterocycles. The van der Waals surface area contributed by atoms with Gasteiger partial charge in [0, 0.05) is 11.3 Å². The van der Waals surface area contributed by atoms with Crippen molar-refractivity contribution in [1.29, 1.82) is 5.26 Å². The number of ether oxygens (including phenoxy) is 1. The summed E-state index contributed by atoms with van der Waals surface area (Å²) in [6, 6.07) is 8.52. The zero-order valence-corrected chi connectivity index (χ0v) is 20.5. The second-order valence-electron chi connectivity index (χ2n) is 11.1. The van der Waals surface area contributed by atoms with Crippen molar-refractivity contribution in [1.82, 2.24) is 9.97 Å². The Balaban J connectivity index is 1.50. The fraction of sp³-hybridized carbons (Fsp3) is 0.536. The Morgan fingerprint density at radius 1 is 1.24 bits per heavy atom. The summed E-state index contributed by atoms with van der Waals surface area (Å²) in [4.78, 5) is 19.7. The van der Waals surface area contributed by atoms with E-state index in [4.69, 9.17) is 10.00 Å². The van der Waals surface area contributed by atoms with E-state index in [1.54, 1.807) is 0 Å². The average Bonchev–Trinajstić information content (AvgIpc) is 3.48. The minimum absolute atomic E-state index is 0.147. The van der Waals surface area contributed by atoms with Gasteiger partial charge in [-0.3, -0.25) is 4.79 Å². The third kappa shape index (κ3) is 4.18. The molecule has 6 heteroatoms. The van der Waals surface area contributed by atoms with E-state index in [0.29, 0.717) is 35.4 Å². The monoisotopic (exact) mass is 458 g/mol. The van der Waals surface area contributed by atoms with Crippen LogP contribution in [0.4, 0.5) is 5.69 Å². The van der Waals surface area contributed by atoms with Gasteiger partial charge >= 0.3 is 0 Å². The van der Waals surface area contributed by atoms with Crippen LogP contribution in [0.2, 0.25) is 0 Å². The van der Waals surface area contributed by atoms with E-state index in [9.17, 15) is 4.79 Å². The van der Waals surface area contributed by atoms with Crippen molar-refractivity contribution in [3.05, 3.63) is 53.1 Å². The van der Waals surface area contributed by atoms with Crippen molar-refractivity contribution < 1.29 is 9.53 Å². The number of nitrogens with zero attached hydrogens (tertiary/aromatic N) is 2. The van der Waals surface area contributed by atoms with Gasteiger partial charge in [0.05, 0.1) is 18.4 Å². The molecule has 2 fully saturated rings. The van der Waals surface area contributed by atoms with Gasteiger partial charge in [-0.15, -0.1) is 0 Å². The van der Waals surface area contributed by atoms with Gasteiger partial charge in [0.2, 0.25) is 0 Å². The number of H-pyrrole nitrogens is 1. The quantitative estimate of drug-likeness (QED) is 0.584. The molecule has 0 saturated carbocycles. The first-order valence-corrected chi connectivity index (χ1v) is 12.5. The SMILES string of the molecule is CC1C2CCC(O2)C(C)C1c1ccc(NC(=O)c2ncc(C#N)[nH]2)c(C2=CCC(C)(C)CC2)c1. The van der Waals surface area contributed by atoms with Crippen LogP contribution in [0.1, 0.15) is 93.2 Å². The second-order valence-corrected chi connectivity index (χ2v) is 11.1. The highest BCUT2D eigenvalue weighted by Gasteiger charge is 2.46. The normalized spacial score (nSPS) is 29.9. The molecule has 2 aliphatic heterocycles. The van der Waals surface area contributed by atoms with Gasteiger partial charge in [-0.1, -0.05) is 39.8 Å².